The summed E-state index contributed by atoms with van der Waals surface area (Å²) in [5, 5.41) is 0. The zero-order valence-corrected chi connectivity index (χ0v) is 11.8. The van der Waals surface area contributed by atoms with E-state index in [1.54, 1.807) is 30.3 Å². The van der Waals surface area contributed by atoms with Gasteiger partial charge in [0.05, 0.1) is 19.9 Å². The fourth-order valence-corrected chi connectivity index (χ4v) is 1.97. The van der Waals surface area contributed by atoms with Gasteiger partial charge in [0.15, 0.2) is 0 Å². The van der Waals surface area contributed by atoms with Crippen LogP contribution < -0.4 is 21.1 Å². The van der Waals surface area contributed by atoms with Crippen LogP contribution in [0.15, 0.2) is 42.6 Å². The first-order valence-electron chi connectivity index (χ1n) is 6.47. The normalized spacial score (nSPS) is 10.1. The van der Waals surface area contributed by atoms with E-state index in [1.807, 2.05) is 24.3 Å². The molecule has 0 aliphatic carbocycles. The van der Waals surface area contributed by atoms with Gasteiger partial charge in [-0.25, -0.2) is 4.98 Å². The monoisotopic (exact) mass is 286 g/mol. The van der Waals surface area contributed by atoms with Crippen LogP contribution in [0, 0.1) is 0 Å². The van der Waals surface area contributed by atoms with Crippen molar-refractivity contribution < 1.29 is 9.53 Å². The number of rotatable bonds is 6. The molecule has 1 aromatic heterocycles. The predicted octanol–water partition coefficient (Wildman–Crippen LogP) is 1.16. The van der Waals surface area contributed by atoms with Gasteiger partial charge in [-0.2, -0.15) is 0 Å². The number of ether oxygens (including phenoxy) is 1. The topological polar surface area (TPSA) is 94.5 Å². The number of hydrogen-bond acceptors (Lipinski definition) is 5. The van der Waals surface area contributed by atoms with Crippen molar-refractivity contribution in [3.8, 4) is 5.75 Å². The molecule has 110 valence electrons. The van der Waals surface area contributed by atoms with Crippen molar-refractivity contribution in [3.05, 3.63) is 48.2 Å². The molecule has 0 atom stereocenters. The number of methoxy groups -OCH3 is 1. The van der Waals surface area contributed by atoms with Crippen LogP contribution in [0.2, 0.25) is 0 Å². The summed E-state index contributed by atoms with van der Waals surface area (Å²) in [5.74, 6) is 0.858. The molecule has 0 saturated heterocycles. The number of amides is 1. The molecule has 6 heteroatoms. The Morgan fingerprint density at radius 3 is 2.62 bits per heavy atom. The summed E-state index contributed by atoms with van der Waals surface area (Å²) in [6, 6.07) is 11.1. The fraction of sp³-hybridized carbons (Fsp3) is 0.200. The highest BCUT2D eigenvalue weighted by molar-refractivity contribution is 5.79. The summed E-state index contributed by atoms with van der Waals surface area (Å²) in [6.07, 6.45) is 1.59. The molecule has 1 amide bonds. The number of aromatic nitrogens is 1. The number of nitrogens with two attached hydrogens (primary N) is 2. The van der Waals surface area contributed by atoms with Crippen LogP contribution in [0.4, 0.5) is 11.5 Å². The van der Waals surface area contributed by atoms with E-state index in [0.717, 1.165) is 5.56 Å². The zero-order valence-electron chi connectivity index (χ0n) is 11.8. The average Bonchev–Trinajstić information content (AvgIpc) is 2.48. The molecule has 2 rings (SSSR count). The maximum absolute atomic E-state index is 11.3. The van der Waals surface area contributed by atoms with Crippen molar-refractivity contribution in [2.75, 3.05) is 24.3 Å². The molecule has 0 aliphatic heterocycles. The summed E-state index contributed by atoms with van der Waals surface area (Å²) >= 11 is 0. The molecule has 0 bridgehead atoms. The molecule has 6 nitrogen and oxygen atoms in total. The number of nitrogen functional groups attached to an aromatic ring is 1. The number of primary amides is 1. The second kappa shape index (κ2) is 6.60. The Balaban J connectivity index is 2.25. The van der Waals surface area contributed by atoms with Crippen molar-refractivity contribution in [2.45, 2.75) is 6.54 Å². The Bertz CT molecular complexity index is 613. The Kier molecular flexibility index (Phi) is 4.61. The van der Waals surface area contributed by atoms with Crippen LogP contribution in [0.1, 0.15) is 5.56 Å². The van der Waals surface area contributed by atoms with Crippen LogP contribution in [0.25, 0.3) is 0 Å². The van der Waals surface area contributed by atoms with Crippen molar-refractivity contribution in [1.29, 1.82) is 0 Å². The molecule has 0 spiro atoms. The maximum Gasteiger partial charge on any atom is 0.237 e. The quantitative estimate of drug-likeness (QED) is 0.777. The maximum atomic E-state index is 11.3. The third-order valence-electron chi connectivity index (χ3n) is 3.04. The SMILES string of the molecule is COc1ccc(N(CC(N)=O)Cc2ccccc2N)nc1. The number of anilines is 2. The van der Waals surface area contributed by atoms with E-state index in [4.69, 9.17) is 16.2 Å². The highest BCUT2D eigenvalue weighted by Gasteiger charge is 2.13. The van der Waals surface area contributed by atoms with Gasteiger partial charge in [0.2, 0.25) is 5.91 Å². The van der Waals surface area contributed by atoms with Gasteiger partial charge in [0.25, 0.3) is 0 Å². The van der Waals surface area contributed by atoms with Crippen molar-refractivity contribution in [1.82, 2.24) is 4.98 Å². The number of carbonyl (C=O) groups excluding carboxylic acids is 1. The second-order valence-corrected chi connectivity index (χ2v) is 4.58. The summed E-state index contributed by atoms with van der Waals surface area (Å²) in [7, 11) is 1.57. The minimum absolute atomic E-state index is 0.0632. The summed E-state index contributed by atoms with van der Waals surface area (Å²) in [4.78, 5) is 17.3. The Hall–Kier alpha value is -2.76. The lowest BCUT2D eigenvalue weighted by molar-refractivity contribution is -0.116. The Morgan fingerprint density at radius 1 is 1.29 bits per heavy atom. The number of nitrogens with zero attached hydrogens (tertiary/aromatic N) is 2. The molecular formula is C15H18N4O2. The number of pyridine rings is 1. The molecule has 21 heavy (non-hydrogen) atoms. The van der Waals surface area contributed by atoms with Crippen LogP contribution in [0.5, 0.6) is 5.75 Å². The first-order valence-corrected chi connectivity index (χ1v) is 6.47. The lowest BCUT2D eigenvalue weighted by Gasteiger charge is -2.23. The molecule has 0 aliphatic rings. The predicted molar refractivity (Wildman–Crippen MR) is 81.9 cm³/mol. The van der Waals surface area contributed by atoms with Gasteiger partial charge in [-0.1, -0.05) is 18.2 Å². The molecule has 1 aromatic carbocycles. The molecule has 2 aromatic rings. The standard InChI is InChI=1S/C15H18N4O2/c1-21-12-6-7-15(18-8-12)19(10-14(17)20)9-11-4-2-3-5-13(11)16/h2-8H,9-10,16H2,1H3,(H2,17,20). The zero-order chi connectivity index (χ0) is 15.2. The van der Waals surface area contributed by atoms with E-state index >= 15 is 0 Å². The fourth-order valence-electron chi connectivity index (χ4n) is 1.97. The molecule has 1 heterocycles. The smallest absolute Gasteiger partial charge is 0.237 e. The van der Waals surface area contributed by atoms with Gasteiger partial charge in [-0.05, 0) is 23.8 Å². The van der Waals surface area contributed by atoms with E-state index in [0.29, 0.717) is 23.8 Å². The summed E-state index contributed by atoms with van der Waals surface area (Å²) < 4.78 is 5.07. The van der Waals surface area contributed by atoms with Gasteiger partial charge in [-0.15, -0.1) is 0 Å². The first kappa shape index (κ1) is 14.6. The van der Waals surface area contributed by atoms with Crippen LogP contribution >= 0.6 is 0 Å². The first-order chi connectivity index (χ1) is 10.1. The van der Waals surface area contributed by atoms with E-state index in [1.165, 1.54) is 0 Å². The summed E-state index contributed by atoms with van der Waals surface area (Å²) in [6.45, 7) is 0.516. The average molecular weight is 286 g/mol. The van der Waals surface area contributed by atoms with E-state index in [-0.39, 0.29) is 6.54 Å². The van der Waals surface area contributed by atoms with E-state index in [2.05, 4.69) is 4.98 Å². The van der Waals surface area contributed by atoms with Gasteiger partial charge >= 0.3 is 0 Å². The van der Waals surface area contributed by atoms with Gasteiger partial charge < -0.3 is 21.1 Å². The van der Waals surface area contributed by atoms with Gasteiger partial charge in [-0.3, -0.25) is 4.79 Å². The van der Waals surface area contributed by atoms with E-state index in [9.17, 15) is 4.79 Å². The Labute approximate surface area is 123 Å². The molecule has 0 unspecified atom stereocenters. The van der Waals surface area contributed by atoms with Crippen LogP contribution in [-0.4, -0.2) is 24.5 Å². The van der Waals surface area contributed by atoms with Crippen molar-refractivity contribution in [2.24, 2.45) is 5.73 Å². The number of benzene rings is 1. The number of para-hydroxylation sites is 1. The second-order valence-electron chi connectivity index (χ2n) is 4.58. The third kappa shape index (κ3) is 3.85. The minimum Gasteiger partial charge on any atom is -0.495 e. The molecular weight excluding hydrogens is 268 g/mol. The third-order valence-corrected chi connectivity index (χ3v) is 3.04. The Morgan fingerprint density at radius 2 is 2.05 bits per heavy atom. The molecule has 0 fully saturated rings. The molecule has 4 N–H and O–H groups in total. The number of carbonyl (C=O) groups is 1. The molecule has 0 radical (unpaired) electrons. The lowest BCUT2D eigenvalue weighted by Crippen LogP contribution is -2.34. The lowest BCUT2D eigenvalue weighted by atomic mass is 10.1. The van der Waals surface area contributed by atoms with E-state index < -0.39 is 5.91 Å². The summed E-state index contributed by atoms with van der Waals surface area (Å²) in [5.41, 5.74) is 12.8. The van der Waals surface area contributed by atoms with Crippen LogP contribution in [-0.2, 0) is 11.3 Å². The van der Waals surface area contributed by atoms with Gasteiger partial charge in [0, 0.05) is 12.2 Å². The van der Waals surface area contributed by atoms with Crippen molar-refractivity contribution >= 4 is 17.4 Å². The van der Waals surface area contributed by atoms with Crippen LogP contribution in [0.3, 0.4) is 0 Å². The van der Waals surface area contributed by atoms with Gasteiger partial charge in [0.1, 0.15) is 11.6 Å². The minimum atomic E-state index is -0.429. The largest absolute Gasteiger partial charge is 0.495 e. The molecule has 0 saturated carbocycles. The highest BCUT2D eigenvalue weighted by Crippen LogP contribution is 2.20. The number of hydrogen-bond donors (Lipinski definition) is 2. The van der Waals surface area contributed by atoms with Crippen molar-refractivity contribution in [3.63, 3.8) is 0 Å². The highest BCUT2D eigenvalue weighted by atomic mass is 16.5.